The van der Waals surface area contributed by atoms with E-state index in [0.717, 1.165) is 36.5 Å². The molecular formula is C15H21ClN2O2S. The zero-order chi connectivity index (χ0) is 15.3. The van der Waals surface area contributed by atoms with Gasteiger partial charge in [0.15, 0.2) is 0 Å². The first-order valence-electron chi connectivity index (χ1n) is 7.31. The number of halogens is 1. The Kier molecular flexibility index (Phi) is 5.90. The van der Waals surface area contributed by atoms with E-state index in [2.05, 4.69) is 10.3 Å². The van der Waals surface area contributed by atoms with Gasteiger partial charge in [0.2, 0.25) is 0 Å². The lowest BCUT2D eigenvalue weighted by Crippen LogP contribution is -2.54. The van der Waals surface area contributed by atoms with Crippen LogP contribution in [0.15, 0.2) is 23.4 Å². The number of carboxylic acid groups (broad SMARTS) is 1. The molecule has 1 aromatic rings. The van der Waals surface area contributed by atoms with E-state index >= 15 is 0 Å². The Morgan fingerprint density at radius 2 is 2.43 bits per heavy atom. The van der Waals surface area contributed by atoms with E-state index in [1.165, 1.54) is 0 Å². The third-order valence-corrected chi connectivity index (χ3v) is 5.31. The van der Waals surface area contributed by atoms with Crippen LogP contribution in [0.3, 0.4) is 0 Å². The summed E-state index contributed by atoms with van der Waals surface area (Å²) in [5, 5.41) is 14.4. The maximum Gasteiger partial charge on any atom is 0.324 e. The van der Waals surface area contributed by atoms with Gasteiger partial charge in [-0.25, -0.2) is 4.98 Å². The van der Waals surface area contributed by atoms with Crippen LogP contribution in [-0.2, 0) is 4.79 Å². The van der Waals surface area contributed by atoms with Crippen LogP contribution in [0.25, 0.3) is 0 Å². The Labute approximate surface area is 134 Å². The second-order valence-corrected chi connectivity index (χ2v) is 6.90. The molecule has 1 aromatic heterocycles. The van der Waals surface area contributed by atoms with Gasteiger partial charge in [-0.15, -0.1) is 11.8 Å². The zero-order valence-electron chi connectivity index (χ0n) is 12.1. The van der Waals surface area contributed by atoms with Gasteiger partial charge in [-0.1, -0.05) is 24.9 Å². The maximum atomic E-state index is 11.7. The van der Waals surface area contributed by atoms with Crippen LogP contribution in [0.4, 0.5) is 0 Å². The molecule has 1 heterocycles. The lowest BCUT2D eigenvalue weighted by molar-refractivity contribution is -0.146. The van der Waals surface area contributed by atoms with E-state index in [-0.39, 0.29) is 5.92 Å². The Balaban J connectivity index is 1.92. The number of hydrogen-bond acceptors (Lipinski definition) is 4. The molecule has 2 N–H and O–H groups in total. The number of rotatable bonds is 7. The number of aromatic nitrogens is 1. The van der Waals surface area contributed by atoms with E-state index in [4.69, 9.17) is 11.6 Å². The normalized spacial score (nSPS) is 25.1. The fraction of sp³-hybridized carbons (Fsp3) is 0.600. The van der Waals surface area contributed by atoms with Gasteiger partial charge in [0, 0.05) is 6.20 Å². The summed E-state index contributed by atoms with van der Waals surface area (Å²) in [6.07, 6.45) is 5.21. The molecule has 2 rings (SSSR count). The molecule has 2 unspecified atom stereocenters. The SMILES string of the molecule is CCNC1(C(=O)O)CCCC1CCSc1ccc(Cl)cn1. The van der Waals surface area contributed by atoms with Crippen molar-refractivity contribution in [2.45, 2.75) is 43.2 Å². The van der Waals surface area contributed by atoms with Crippen LogP contribution < -0.4 is 5.32 Å². The quantitative estimate of drug-likeness (QED) is 0.751. The molecule has 0 saturated heterocycles. The van der Waals surface area contributed by atoms with Gasteiger partial charge in [0.1, 0.15) is 5.54 Å². The van der Waals surface area contributed by atoms with E-state index in [1.54, 1.807) is 18.0 Å². The van der Waals surface area contributed by atoms with Crippen molar-refractivity contribution in [2.75, 3.05) is 12.3 Å². The van der Waals surface area contributed by atoms with Gasteiger partial charge in [-0.2, -0.15) is 0 Å². The average Bonchev–Trinajstić information content (AvgIpc) is 2.86. The lowest BCUT2D eigenvalue weighted by atomic mass is 9.85. The minimum absolute atomic E-state index is 0.190. The number of carboxylic acids is 1. The molecule has 116 valence electrons. The molecule has 2 atom stereocenters. The molecule has 0 spiro atoms. The predicted molar refractivity (Wildman–Crippen MR) is 86.0 cm³/mol. The monoisotopic (exact) mass is 328 g/mol. The van der Waals surface area contributed by atoms with Crippen LogP contribution in [0, 0.1) is 5.92 Å². The number of nitrogens with zero attached hydrogens (tertiary/aromatic N) is 1. The van der Waals surface area contributed by atoms with E-state index in [1.807, 2.05) is 19.1 Å². The number of likely N-dealkylation sites (N-methyl/N-ethyl adjacent to an activating group) is 1. The summed E-state index contributed by atoms with van der Waals surface area (Å²) in [5.74, 6) is 0.357. The summed E-state index contributed by atoms with van der Waals surface area (Å²) < 4.78 is 0. The Bertz CT molecular complexity index is 483. The van der Waals surface area contributed by atoms with Crippen LogP contribution in [0.5, 0.6) is 0 Å². The number of aliphatic carboxylic acids is 1. The Morgan fingerprint density at radius 3 is 3.05 bits per heavy atom. The first kappa shape index (κ1) is 16.6. The first-order chi connectivity index (χ1) is 10.1. The molecule has 0 aliphatic heterocycles. The highest BCUT2D eigenvalue weighted by Crippen LogP contribution is 2.39. The maximum absolute atomic E-state index is 11.7. The minimum Gasteiger partial charge on any atom is -0.480 e. The second kappa shape index (κ2) is 7.47. The van der Waals surface area contributed by atoms with Crippen molar-refractivity contribution in [3.05, 3.63) is 23.4 Å². The highest BCUT2D eigenvalue weighted by molar-refractivity contribution is 7.99. The van der Waals surface area contributed by atoms with Crippen LogP contribution in [0.2, 0.25) is 5.02 Å². The molecular weight excluding hydrogens is 308 g/mol. The molecule has 0 radical (unpaired) electrons. The van der Waals surface area contributed by atoms with Crippen molar-refractivity contribution in [2.24, 2.45) is 5.92 Å². The van der Waals surface area contributed by atoms with E-state index < -0.39 is 11.5 Å². The summed E-state index contributed by atoms with van der Waals surface area (Å²) in [7, 11) is 0. The van der Waals surface area contributed by atoms with Crippen LogP contribution in [-0.4, -0.2) is 33.9 Å². The van der Waals surface area contributed by atoms with Crippen LogP contribution in [0.1, 0.15) is 32.6 Å². The van der Waals surface area contributed by atoms with Gasteiger partial charge >= 0.3 is 5.97 Å². The molecule has 1 aliphatic rings. The Morgan fingerprint density at radius 1 is 1.62 bits per heavy atom. The third-order valence-electron chi connectivity index (χ3n) is 4.11. The van der Waals surface area contributed by atoms with Crippen molar-refractivity contribution >= 4 is 29.3 Å². The highest BCUT2D eigenvalue weighted by atomic mass is 35.5. The lowest BCUT2D eigenvalue weighted by Gasteiger charge is -2.32. The average molecular weight is 329 g/mol. The molecule has 0 amide bonds. The van der Waals surface area contributed by atoms with Gasteiger partial charge in [0.05, 0.1) is 10.0 Å². The molecule has 4 nitrogen and oxygen atoms in total. The number of hydrogen-bond donors (Lipinski definition) is 2. The standard InChI is InChI=1S/C15H21ClN2O2S/c1-2-18-15(14(19)20)8-3-4-11(15)7-9-21-13-6-5-12(16)10-17-13/h5-6,10-11,18H,2-4,7-9H2,1H3,(H,19,20). The molecule has 21 heavy (non-hydrogen) atoms. The number of carbonyl (C=O) groups is 1. The number of thioether (sulfide) groups is 1. The van der Waals surface area contributed by atoms with Gasteiger partial charge < -0.3 is 10.4 Å². The highest BCUT2D eigenvalue weighted by Gasteiger charge is 2.48. The predicted octanol–water partition coefficient (Wildman–Crippen LogP) is 3.45. The summed E-state index contributed by atoms with van der Waals surface area (Å²) in [5.41, 5.74) is -0.733. The first-order valence-corrected chi connectivity index (χ1v) is 8.67. The van der Waals surface area contributed by atoms with Gasteiger partial charge in [-0.05, 0) is 49.6 Å². The molecule has 0 aromatic carbocycles. The van der Waals surface area contributed by atoms with Gasteiger partial charge in [0.25, 0.3) is 0 Å². The molecule has 0 bridgehead atoms. The minimum atomic E-state index is -0.733. The molecule has 6 heteroatoms. The van der Waals surface area contributed by atoms with E-state index in [9.17, 15) is 9.90 Å². The number of pyridine rings is 1. The fourth-order valence-electron chi connectivity index (χ4n) is 3.13. The van der Waals surface area contributed by atoms with E-state index in [0.29, 0.717) is 11.6 Å². The second-order valence-electron chi connectivity index (χ2n) is 5.35. The molecule has 1 saturated carbocycles. The van der Waals surface area contributed by atoms with Crippen LogP contribution >= 0.6 is 23.4 Å². The summed E-state index contributed by atoms with van der Waals surface area (Å²) in [4.78, 5) is 15.9. The van der Waals surface area contributed by atoms with Crippen molar-refractivity contribution < 1.29 is 9.90 Å². The smallest absolute Gasteiger partial charge is 0.324 e. The van der Waals surface area contributed by atoms with Crippen molar-refractivity contribution in [3.63, 3.8) is 0 Å². The summed E-state index contributed by atoms with van der Waals surface area (Å²) in [6, 6.07) is 3.73. The topological polar surface area (TPSA) is 62.2 Å². The molecule has 1 fully saturated rings. The fourth-order valence-corrected chi connectivity index (χ4v) is 4.14. The molecule has 1 aliphatic carbocycles. The van der Waals surface area contributed by atoms with Crippen molar-refractivity contribution in [1.29, 1.82) is 0 Å². The number of nitrogens with one attached hydrogen (secondary N) is 1. The van der Waals surface area contributed by atoms with Crippen molar-refractivity contribution in [3.8, 4) is 0 Å². The Hall–Kier alpha value is -0.780. The largest absolute Gasteiger partial charge is 0.480 e. The zero-order valence-corrected chi connectivity index (χ0v) is 13.7. The van der Waals surface area contributed by atoms with Gasteiger partial charge in [-0.3, -0.25) is 4.79 Å². The van der Waals surface area contributed by atoms with Crippen molar-refractivity contribution in [1.82, 2.24) is 10.3 Å². The summed E-state index contributed by atoms with van der Waals surface area (Å²) in [6.45, 7) is 2.65. The summed E-state index contributed by atoms with van der Waals surface area (Å²) >= 11 is 7.47. The third kappa shape index (κ3) is 3.90.